The molecule has 14 nitrogen and oxygen atoms in total. The Hall–Kier alpha value is -4.29. The average Bonchev–Trinajstić information content (AvgIpc) is 3.54. The third kappa shape index (κ3) is 8.89. The van der Waals surface area contributed by atoms with Crippen LogP contribution in [0.4, 0.5) is 11.6 Å². The molecule has 4 N–H and O–H groups in total. The lowest BCUT2D eigenvalue weighted by atomic mass is 9.85. The van der Waals surface area contributed by atoms with Crippen LogP contribution in [0.1, 0.15) is 69.9 Å². The van der Waals surface area contributed by atoms with Crippen LogP contribution in [0.5, 0.6) is 11.6 Å². The number of ether oxygens (including phenoxy) is 4. The molecular formula is C36H49N9O5. The first-order valence-corrected chi connectivity index (χ1v) is 17.8. The van der Waals surface area contributed by atoms with Crippen molar-refractivity contribution < 1.29 is 24.1 Å². The van der Waals surface area contributed by atoms with E-state index in [4.69, 9.17) is 34.9 Å². The Balaban J connectivity index is 1.13. The maximum Gasteiger partial charge on any atom is 0.256 e. The number of fused-ring (bicyclic) bond motifs is 2. The van der Waals surface area contributed by atoms with Crippen LogP contribution in [0, 0.1) is 11.3 Å². The third-order valence-corrected chi connectivity index (χ3v) is 9.74. The smallest absolute Gasteiger partial charge is 0.256 e. The quantitative estimate of drug-likeness (QED) is 0.111. The highest BCUT2D eigenvalue weighted by atomic mass is 16.5. The summed E-state index contributed by atoms with van der Waals surface area (Å²) in [7, 11) is 0. The normalized spacial score (nSPS) is 23.0. The summed E-state index contributed by atoms with van der Waals surface area (Å²) in [4.78, 5) is 16.0. The average molecular weight is 688 g/mol. The maximum atomic E-state index is 9.60. The molecule has 3 fully saturated rings. The molecule has 6 rings (SSSR count). The lowest BCUT2D eigenvalue weighted by Gasteiger charge is -2.51. The molecule has 1 saturated carbocycles. The molecule has 1 unspecified atom stereocenters. The standard InChI is InChI=1S/C36H49N9O5/c1-25(18-39-24-38)50-34-16-26(6-7-27(34)17-37)28-19-40-36(41-20-28)42-33-21-44(43-35(33)49-14-3-13-47-15-12-46)29-8-10-30(11-9-29)45-31-4-2-5-32(45)23-48-22-31/h6-7,16,19-21,24-25,29-32,46H,2-5,8-15,18,22-23H2,1H3,(H2,38,39)(H,40,41,42)/t25-,29?,30?,31+,32?/m0/s1. The molecule has 2 aromatic heterocycles. The van der Waals surface area contributed by atoms with E-state index in [1.807, 2.05) is 29.9 Å². The predicted octanol–water partition coefficient (Wildman–Crippen LogP) is 4.22. The molecule has 2 aliphatic heterocycles. The lowest BCUT2D eigenvalue weighted by molar-refractivity contribution is -0.100. The van der Waals surface area contributed by atoms with Gasteiger partial charge in [-0.15, -0.1) is 5.10 Å². The number of rotatable bonds is 16. The van der Waals surface area contributed by atoms with Crippen LogP contribution in [0.3, 0.4) is 0 Å². The monoisotopic (exact) mass is 687 g/mol. The number of nitriles is 1. The molecule has 3 aromatic rings. The first-order valence-electron chi connectivity index (χ1n) is 17.8. The Bertz CT molecular complexity index is 1560. The minimum absolute atomic E-state index is 0.00267. The molecule has 1 aliphatic carbocycles. The highest BCUT2D eigenvalue weighted by molar-refractivity contribution is 5.67. The molecule has 3 aliphatic rings. The number of nitrogens with two attached hydrogens (primary N) is 1. The largest absolute Gasteiger partial charge is 0.487 e. The number of benzene rings is 1. The van der Waals surface area contributed by atoms with Gasteiger partial charge in [-0.25, -0.2) is 9.97 Å². The van der Waals surface area contributed by atoms with Gasteiger partial charge in [-0.05, 0) is 63.1 Å². The Morgan fingerprint density at radius 2 is 1.82 bits per heavy atom. The highest BCUT2D eigenvalue weighted by Crippen LogP contribution is 2.39. The molecule has 4 heterocycles. The van der Waals surface area contributed by atoms with Gasteiger partial charge in [-0.3, -0.25) is 14.6 Å². The summed E-state index contributed by atoms with van der Waals surface area (Å²) >= 11 is 0. The fraction of sp³-hybridized carbons (Fsp3) is 0.583. The SMILES string of the molecule is C[C@@H](CN=CN)Oc1cc(-c2cnc(Nc3cn(C4CCC(N5C6CCC[C@@H]5COC6)CC4)nc3OCCCOCCO)nc2)ccc1C#N. The van der Waals surface area contributed by atoms with E-state index in [9.17, 15) is 5.26 Å². The van der Waals surface area contributed by atoms with Gasteiger partial charge in [0.05, 0.1) is 63.7 Å². The van der Waals surface area contributed by atoms with E-state index in [0.29, 0.717) is 79.7 Å². The van der Waals surface area contributed by atoms with Crippen LogP contribution in [0.2, 0.25) is 0 Å². The van der Waals surface area contributed by atoms with Crippen molar-refractivity contribution in [2.24, 2.45) is 10.7 Å². The molecule has 3 atom stereocenters. The molecule has 0 radical (unpaired) electrons. The third-order valence-electron chi connectivity index (χ3n) is 9.74. The van der Waals surface area contributed by atoms with Crippen LogP contribution >= 0.6 is 0 Å². The van der Waals surface area contributed by atoms with Crippen LogP contribution in [0.25, 0.3) is 11.1 Å². The molecule has 2 bridgehead atoms. The van der Waals surface area contributed by atoms with E-state index >= 15 is 0 Å². The summed E-state index contributed by atoms with van der Waals surface area (Å²) in [5.74, 6) is 1.36. The number of aromatic nitrogens is 4. The number of nitrogens with one attached hydrogen (secondary N) is 1. The van der Waals surface area contributed by atoms with Crippen molar-refractivity contribution in [2.75, 3.05) is 51.5 Å². The van der Waals surface area contributed by atoms with Gasteiger partial charge in [0.1, 0.15) is 23.6 Å². The number of piperidine rings is 1. The van der Waals surface area contributed by atoms with Gasteiger partial charge in [0.25, 0.3) is 5.88 Å². The van der Waals surface area contributed by atoms with Crippen molar-refractivity contribution in [3.05, 3.63) is 42.4 Å². The molecular weight excluding hydrogens is 638 g/mol. The van der Waals surface area contributed by atoms with Crippen LogP contribution in [-0.2, 0) is 9.47 Å². The summed E-state index contributed by atoms with van der Waals surface area (Å²) < 4.78 is 25.5. The number of nitrogens with zero attached hydrogens (tertiary/aromatic N) is 7. The second-order valence-corrected chi connectivity index (χ2v) is 13.2. The van der Waals surface area contributed by atoms with Gasteiger partial charge in [-0.1, -0.05) is 12.5 Å². The van der Waals surface area contributed by atoms with Gasteiger partial charge in [0.15, 0.2) is 0 Å². The minimum Gasteiger partial charge on any atom is -0.487 e. The van der Waals surface area contributed by atoms with E-state index < -0.39 is 0 Å². The van der Waals surface area contributed by atoms with E-state index in [1.165, 1.54) is 25.6 Å². The minimum atomic E-state index is -0.259. The highest BCUT2D eigenvalue weighted by Gasteiger charge is 2.40. The lowest BCUT2D eigenvalue weighted by Crippen LogP contribution is -2.59. The number of hydrogen-bond donors (Lipinski definition) is 3. The van der Waals surface area contributed by atoms with E-state index in [1.54, 1.807) is 18.5 Å². The van der Waals surface area contributed by atoms with E-state index in [-0.39, 0.29) is 18.8 Å². The topological polar surface area (TPSA) is 178 Å². The Kier molecular flexibility index (Phi) is 12.5. The van der Waals surface area contributed by atoms with E-state index in [0.717, 1.165) is 50.0 Å². The van der Waals surface area contributed by atoms with Crippen molar-refractivity contribution in [3.8, 4) is 28.8 Å². The molecule has 0 amide bonds. The van der Waals surface area contributed by atoms with Gasteiger partial charge in [-0.2, -0.15) is 5.26 Å². The fourth-order valence-electron chi connectivity index (χ4n) is 7.35. The maximum absolute atomic E-state index is 9.60. The van der Waals surface area contributed by atoms with Crippen molar-refractivity contribution in [1.82, 2.24) is 24.6 Å². The molecule has 1 aromatic carbocycles. The number of hydrogen-bond acceptors (Lipinski definition) is 12. The van der Waals surface area contributed by atoms with E-state index in [2.05, 4.69) is 31.2 Å². The summed E-state index contributed by atoms with van der Waals surface area (Å²) in [5, 5.41) is 26.8. The number of aliphatic hydroxyl groups excluding tert-OH is 1. The van der Waals surface area contributed by atoms with Gasteiger partial charge in [0, 0.05) is 49.1 Å². The van der Waals surface area contributed by atoms with Gasteiger partial charge < -0.3 is 35.1 Å². The van der Waals surface area contributed by atoms with Crippen molar-refractivity contribution in [1.29, 1.82) is 5.26 Å². The van der Waals surface area contributed by atoms with Gasteiger partial charge >= 0.3 is 0 Å². The zero-order valence-electron chi connectivity index (χ0n) is 28.8. The Labute approximate surface area is 293 Å². The first kappa shape index (κ1) is 35.5. The number of anilines is 2. The number of aliphatic imine (C=N–C) groups is 1. The second-order valence-electron chi connectivity index (χ2n) is 13.2. The summed E-state index contributed by atoms with van der Waals surface area (Å²) in [5.41, 5.74) is 8.08. The van der Waals surface area contributed by atoms with Crippen molar-refractivity contribution in [2.45, 2.75) is 88.6 Å². The summed E-state index contributed by atoms with van der Waals surface area (Å²) in [6.07, 6.45) is 15.3. The summed E-state index contributed by atoms with van der Waals surface area (Å²) in [6.45, 7) is 5.21. The first-order chi connectivity index (χ1) is 24.6. The fourth-order valence-corrected chi connectivity index (χ4v) is 7.35. The van der Waals surface area contributed by atoms with Crippen molar-refractivity contribution in [3.63, 3.8) is 0 Å². The Morgan fingerprint density at radius 1 is 1.06 bits per heavy atom. The number of aliphatic hydroxyl groups is 1. The zero-order valence-corrected chi connectivity index (χ0v) is 28.8. The summed E-state index contributed by atoms with van der Waals surface area (Å²) in [6, 6.07) is 9.58. The van der Waals surface area contributed by atoms with Crippen LogP contribution < -0.4 is 20.5 Å². The molecule has 2 saturated heterocycles. The predicted molar refractivity (Wildman–Crippen MR) is 189 cm³/mol. The molecule has 0 spiro atoms. The Morgan fingerprint density at radius 3 is 2.54 bits per heavy atom. The van der Waals surface area contributed by atoms with Gasteiger partial charge in [0.2, 0.25) is 5.95 Å². The second kappa shape index (κ2) is 17.6. The molecule has 268 valence electrons. The zero-order chi connectivity index (χ0) is 34.7. The van der Waals surface area contributed by atoms with Crippen molar-refractivity contribution >= 4 is 18.0 Å². The molecule has 50 heavy (non-hydrogen) atoms. The number of morpholine rings is 1. The van der Waals surface area contributed by atoms with Crippen LogP contribution in [0.15, 0.2) is 41.8 Å². The molecule has 14 heteroatoms. The van der Waals surface area contributed by atoms with Crippen LogP contribution in [-0.4, -0.2) is 107 Å².